The minimum absolute atomic E-state index is 0.0639. The molecule has 0 saturated heterocycles. The fourth-order valence-corrected chi connectivity index (χ4v) is 3.68. The van der Waals surface area contributed by atoms with Gasteiger partial charge in [-0.1, -0.05) is 42.0 Å². The van der Waals surface area contributed by atoms with E-state index in [1.807, 2.05) is 43.3 Å². The Balaban J connectivity index is 1.71. The molecule has 0 fully saturated rings. The van der Waals surface area contributed by atoms with Crippen molar-refractivity contribution in [1.82, 2.24) is 14.5 Å². The van der Waals surface area contributed by atoms with Crippen LogP contribution in [-0.2, 0) is 0 Å². The molecular formula is C24H18FN5O. The summed E-state index contributed by atoms with van der Waals surface area (Å²) >= 11 is 0. The van der Waals surface area contributed by atoms with Crippen molar-refractivity contribution < 1.29 is 9.18 Å². The number of halogens is 1. The first kappa shape index (κ1) is 18.7. The van der Waals surface area contributed by atoms with Gasteiger partial charge in [0.15, 0.2) is 5.65 Å². The quantitative estimate of drug-likeness (QED) is 0.444. The molecule has 2 aromatic heterocycles. The first-order valence-corrected chi connectivity index (χ1v) is 9.72. The summed E-state index contributed by atoms with van der Waals surface area (Å²) in [6, 6.07) is 21.2. The van der Waals surface area contributed by atoms with E-state index in [1.165, 1.54) is 12.1 Å². The molecular weight excluding hydrogens is 393 g/mol. The number of nitrogens with one attached hydrogen (secondary N) is 1. The van der Waals surface area contributed by atoms with Crippen molar-refractivity contribution in [2.24, 2.45) is 0 Å². The number of fused-ring (bicyclic) bond motifs is 3. The highest BCUT2D eigenvalue weighted by Crippen LogP contribution is 2.33. The van der Waals surface area contributed by atoms with Gasteiger partial charge >= 0.3 is 0 Å². The van der Waals surface area contributed by atoms with Crippen molar-refractivity contribution >= 4 is 39.3 Å². The molecule has 0 radical (unpaired) electrons. The Hall–Kier alpha value is -4.26. The zero-order valence-corrected chi connectivity index (χ0v) is 16.6. The van der Waals surface area contributed by atoms with Crippen molar-refractivity contribution in [2.75, 3.05) is 11.1 Å². The van der Waals surface area contributed by atoms with Gasteiger partial charge in [0.25, 0.3) is 5.91 Å². The third-order valence-electron chi connectivity index (χ3n) is 5.12. The van der Waals surface area contributed by atoms with Gasteiger partial charge in [-0.15, -0.1) is 0 Å². The standard InChI is InChI=1S/C24H18FN5O/c1-14-9-11-16(12-10-14)27-24(31)22-28-21(26)20-18-7-2-3-8-19(18)30(23(20)29-22)17-6-4-5-15(25)13-17/h2-13H,1H3,(H,27,31)(H2,26,28,29). The molecule has 3 aromatic carbocycles. The van der Waals surface area contributed by atoms with Crippen LogP contribution in [-0.4, -0.2) is 20.4 Å². The maximum absolute atomic E-state index is 14.0. The molecule has 3 N–H and O–H groups in total. The highest BCUT2D eigenvalue weighted by atomic mass is 19.1. The fourth-order valence-electron chi connectivity index (χ4n) is 3.68. The normalized spacial score (nSPS) is 11.2. The van der Waals surface area contributed by atoms with Crippen LogP contribution in [0.3, 0.4) is 0 Å². The van der Waals surface area contributed by atoms with E-state index in [1.54, 1.807) is 28.8 Å². The van der Waals surface area contributed by atoms with Crippen LogP contribution in [0.2, 0.25) is 0 Å². The van der Waals surface area contributed by atoms with Gasteiger partial charge in [-0.25, -0.2) is 14.4 Å². The Labute approximate surface area is 177 Å². The molecule has 0 unspecified atom stereocenters. The molecule has 152 valence electrons. The van der Waals surface area contributed by atoms with E-state index >= 15 is 0 Å². The van der Waals surface area contributed by atoms with E-state index in [0.29, 0.717) is 22.4 Å². The van der Waals surface area contributed by atoms with Crippen LogP contribution in [0.5, 0.6) is 0 Å². The lowest BCUT2D eigenvalue weighted by molar-refractivity contribution is 0.101. The van der Waals surface area contributed by atoms with Crippen LogP contribution in [0.4, 0.5) is 15.9 Å². The topological polar surface area (TPSA) is 85.8 Å². The number of nitrogens with two attached hydrogens (primary N) is 1. The second-order valence-electron chi connectivity index (χ2n) is 7.28. The fraction of sp³-hybridized carbons (Fsp3) is 0.0417. The number of aromatic nitrogens is 3. The van der Waals surface area contributed by atoms with Gasteiger partial charge in [-0.3, -0.25) is 9.36 Å². The lowest BCUT2D eigenvalue weighted by Crippen LogP contribution is -2.17. The van der Waals surface area contributed by atoms with Crippen LogP contribution in [0.25, 0.3) is 27.6 Å². The number of carbonyl (C=O) groups excluding carboxylic acids is 1. The van der Waals surface area contributed by atoms with Crippen molar-refractivity contribution in [3.63, 3.8) is 0 Å². The Bertz CT molecular complexity index is 1460. The number of para-hydroxylation sites is 1. The molecule has 5 aromatic rings. The number of nitrogens with zero attached hydrogens (tertiary/aromatic N) is 3. The number of amides is 1. The molecule has 2 heterocycles. The van der Waals surface area contributed by atoms with Gasteiger partial charge in [0.1, 0.15) is 11.6 Å². The number of benzene rings is 3. The number of carbonyl (C=O) groups is 1. The Kier molecular flexibility index (Phi) is 4.36. The summed E-state index contributed by atoms with van der Waals surface area (Å²) in [6.45, 7) is 1.97. The third kappa shape index (κ3) is 3.26. The van der Waals surface area contributed by atoms with Gasteiger partial charge in [-0.2, -0.15) is 0 Å². The number of hydrogen-bond donors (Lipinski definition) is 2. The first-order chi connectivity index (χ1) is 15.0. The maximum atomic E-state index is 14.0. The van der Waals surface area contributed by atoms with Crippen LogP contribution >= 0.6 is 0 Å². The summed E-state index contributed by atoms with van der Waals surface area (Å²) in [7, 11) is 0. The molecule has 0 saturated carbocycles. The van der Waals surface area contributed by atoms with Crippen LogP contribution < -0.4 is 11.1 Å². The monoisotopic (exact) mass is 411 g/mol. The van der Waals surface area contributed by atoms with Crippen molar-refractivity contribution in [1.29, 1.82) is 0 Å². The van der Waals surface area contributed by atoms with E-state index in [2.05, 4.69) is 15.3 Å². The second kappa shape index (κ2) is 7.21. The molecule has 31 heavy (non-hydrogen) atoms. The number of nitrogen functional groups attached to an aromatic ring is 1. The van der Waals surface area contributed by atoms with Gasteiger partial charge in [-0.05, 0) is 43.3 Å². The van der Waals surface area contributed by atoms with Crippen molar-refractivity contribution in [3.8, 4) is 5.69 Å². The molecule has 1 amide bonds. The summed E-state index contributed by atoms with van der Waals surface area (Å²) in [5, 5.41) is 4.23. The van der Waals surface area contributed by atoms with Crippen molar-refractivity contribution in [2.45, 2.75) is 6.92 Å². The Morgan fingerprint density at radius 3 is 2.55 bits per heavy atom. The van der Waals surface area contributed by atoms with Crippen molar-refractivity contribution in [3.05, 3.63) is 90.0 Å². The largest absolute Gasteiger partial charge is 0.383 e. The lowest BCUT2D eigenvalue weighted by atomic mass is 10.2. The first-order valence-electron chi connectivity index (χ1n) is 9.72. The number of rotatable bonds is 3. The minimum atomic E-state index is -0.478. The summed E-state index contributed by atoms with van der Waals surface area (Å²) in [4.78, 5) is 21.6. The van der Waals surface area contributed by atoms with Gasteiger partial charge < -0.3 is 11.1 Å². The minimum Gasteiger partial charge on any atom is -0.383 e. The predicted octanol–water partition coefficient (Wildman–Crippen LogP) is 4.86. The van der Waals surface area contributed by atoms with Gasteiger partial charge in [0, 0.05) is 11.1 Å². The number of anilines is 2. The van der Waals surface area contributed by atoms with Gasteiger partial charge in [0.2, 0.25) is 5.82 Å². The van der Waals surface area contributed by atoms with E-state index in [-0.39, 0.29) is 17.5 Å². The molecule has 0 bridgehead atoms. The molecule has 0 aliphatic carbocycles. The molecule has 0 aliphatic rings. The molecule has 7 heteroatoms. The van der Waals surface area contributed by atoms with E-state index in [9.17, 15) is 9.18 Å². The van der Waals surface area contributed by atoms with E-state index < -0.39 is 5.91 Å². The third-order valence-corrected chi connectivity index (χ3v) is 5.12. The summed E-state index contributed by atoms with van der Waals surface area (Å²) in [5.74, 6) is -0.729. The summed E-state index contributed by atoms with van der Waals surface area (Å²) < 4.78 is 15.8. The Morgan fingerprint density at radius 2 is 1.77 bits per heavy atom. The second-order valence-corrected chi connectivity index (χ2v) is 7.28. The van der Waals surface area contributed by atoms with Gasteiger partial charge in [0.05, 0.1) is 16.6 Å². The zero-order valence-electron chi connectivity index (χ0n) is 16.6. The molecule has 0 aliphatic heterocycles. The maximum Gasteiger partial charge on any atom is 0.293 e. The lowest BCUT2D eigenvalue weighted by Gasteiger charge is -2.09. The summed E-state index contributed by atoms with van der Waals surface area (Å²) in [6.07, 6.45) is 0. The molecule has 0 atom stereocenters. The SMILES string of the molecule is Cc1ccc(NC(=O)c2nc(N)c3c4ccccc4n(-c4cccc(F)c4)c3n2)cc1. The number of aryl methyl sites for hydroxylation is 1. The average molecular weight is 411 g/mol. The smallest absolute Gasteiger partial charge is 0.293 e. The predicted molar refractivity (Wildman–Crippen MR) is 120 cm³/mol. The van der Waals surface area contributed by atoms with Crippen LogP contribution in [0.15, 0.2) is 72.8 Å². The highest BCUT2D eigenvalue weighted by molar-refractivity contribution is 6.13. The average Bonchev–Trinajstić information content (AvgIpc) is 3.10. The zero-order chi connectivity index (χ0) is 21.5. The molecule has 0 spiro atoms. The van der Waals surface area contributed by atoms with Crippen LogP contribution in [0, 0.1) is 12.7 Å². The summed E-state index contributed by atoms with van der Waals surface area (Å²) in [5.41, 5.74) is 9.80. The Morgan fingerprint density at radius 1 is 1.00 bits per heavy atom. The molecule has 5 rings (SSSR count). The number of hydrogen-bond acceptors (Lipinski definition) is 4. The van der Waals surface area contributed by atoms with Crippen LogP contribution in [0.1, 0.15) is 16.2 Å². The molecule has 6 nitrogen and oxygen atoms in total. The highest BCUT2D eigenvalue weighted by Gasteiger charge is 2.20. The van der Waals surface area contributed by atoms with E-state index in [0.717, 1.165) is 16.5 Å². The van der Waals surface area contributed by atoms with E-state index in [4.69, 9.17) is 5.73 Å².